The van der Waals surface area contributed by atoms with Crippen molar-refractivity contribution in [3.05, 3.63) is 29.8 Å². The maximum atomic E-state index is 12.7. The van der Waals surface area contributed by atoms with Gasteiger partial charge in [0.05, 0.1) is 6.10 Å². The monoisotopic (exact) mass is 426 g/mol. The molecule has 3 aliphatic rings. The predicted octanol–water partition coefficient (Wildman–Crippen LogP) is 3.60. The summed E-state index contributed by atoms with van der Waals surface area (Å²) in [5, 5.41) is 3.46. The van der Waals surface area contributed by atoms with Crippen molar-refractivity contribution in [3.8, 4) is 0 Å². The van der Waals surface area contributed by atoms with Crippen LogP contribution in [0.15, 0.2) is 29.3 Å². The first kappa shape index (κ1) is 22.1. The highest BCUT2D eigenvalue weighted by Crippen LogP contribution is 2.28. The zero-order valence-corrected chi connectivity index (χ0v) is 19.0. The first-order chi connectivity index (χ1) is 15.2. The number of amides is 1. The number of aliphatic imine (C=N–C) groups is 1. The molecule has 0 atom stereocenters. The number of carbonyl (C=O) groups excluding carboxylic acids is 1. The van der Waals surface area contributed by atoms with E-state index in [9.17, 15) is 4.79 Å². The molecule has 2 aliphatic heterocycles. The summed E-state index contributed by atoms with van der Waals surface area (Å²) >= 11 is 0. The maximum absolute atomic E-state index is 12.7. The van der Waals surface area contributed by atoms with E-state index in [0.29, 0.717) is 12.5 Å². The van der Waals surface area contributed by atoms with E-state index in [-0.39, 0.29) is 5.91 Å². The molecule has 1 saturated heterocycles. The van der Waals surface area contributed by atoms with Crippen LogP contribution < -0.4 is 10.2 Å². The van der Waals surface area contributed by atoms with Crippen LogP contribution in [-0.2, 0) is 16.0 Å². The third-order valence-electron chi connectivity index (χ3n) is 7.03. The number of para-hydroxylation sites is 1. The van der Waals surface area contributed by atoms with Crippen molar-refractivity contribution < 1.29 is 9.53 Å². The zero-order valence-electron chi connectivity index (χ0n) is 19.0. The third-order valence-corrected chi connectivity index (χ3v) is 7.03. The fourth-order valence-electron chi connectivity index (χ4n) is 5.19. The second kappa shape index (κ2) is 11.0. The Hall–Kier alpha value is -2.08. The molecular formula is C25H38N4O2. The molecule has 1 aromatic rings. The lowest BCUT2D eigenvalue weighted by Gasteiger charge is -2.34. The van der Waals surface area contributed by atoms with Gasteiger partial charge in [-0.15, -0.1) is 0 Å². The third kappa shape index (κ3) is 5.79. The zero-order chi connectivity index (χ0) is 21.5. The van der Waals surface area contributed by atoms with Crippen LogP contribution in [0.2, 0.25) is 0 Å². The number of hydrogen-bond acceptors (Lipinski definition) is 3. The number of fused-ring (bicyclic) bond motifs is 1. The molecule has 6 nitrogen and oxygen atoms in total. The predicted molar refractivity (Wildman–Crippen MR) is 126 cm³/mol. The second-order valence-corrected chi connectivity index (χ2v) is 9.17. The maximum Gasteiger partial charge on any atom is 0.227 e. The molecule has 6 heteroatoms. The molecule has 4 rings (SSSR count). The summed E-state index contributed by atoms with van der Waals surface area (Å²) in [6.07, 6.45) is 10.3. The van der Waals surface area contributed by atoms with Crippen molar-refractivity contribution in [2.45, 2.75) is 63.9 Å². The largest absolute Gasteiger partial charge is 0.378 e. The average Bonchev–Trinajstić information content (AvgIpc) is 3.48. The summed E-state index contributed by atoms with van der Waals surface area (Å²) in [5.74, 6) is 1.97. The standard InChI is InChI=1S/C25H38N4O2/c1-26-25(28-16-13-22(14-17-28)31-19-20-7-2-3-8-20)27-15-6-11-24(30)29-18-12-21-9-4-5-10-23(21)29/h4-5,9-10,20,22H,2-3,6-8,11-19H2,1H3,(H,26,27). The summed E-state index contributed by atoms with van der Waals surface area (Å²) in [6.45, 7) is 4.50. The van der Waals surface area contributed by atoms with Crippen molar-refractivity contribution in [1.82, 2.24) is 10.2 Å². The molecule has 1 amide bonds. The fourth-order valence-corrected chi connectivity index (χ4v) is 5.19. The molecule has 1 saturated carbocycles. The van der Waals surface area contributed by atoms with E-state index in [4.69, 9.17) is 4.74 Å². The number of benzene rings is 1. The Morgan fingerprint density at radius 2 is 1.90 bits per heavy atom. The van der Waals surface area contributed by atoms with Crippen molar-refractivity contribution >= 4 is 17.6 Å². The van der Waals surface area contributed by atoms with Crippen molar-refractivity contribution in [2.75, 3.05) is 44.7 Å². The Morgan fingerprint density at radius 3 is 2.68 bits per heavy atom. The highest BCUT2D eigenvalue weighted by Gasteiger charge is 2.25. The van der Waals surface area contributed by atoms with Gasteiger partial charge in [-0.25, -0.2) is 0 Å². The highest BCUT2D eigenvalue weighted by atomic mass is 16.5. The smallest absolute Gasteiger partial charge is 0.227 e. The summed E-state index contributed by atoms with van der Waals surface area (Å²) in [4.78, 5) is 21.4. The number of likely N-dealkylation sites (tertiary alicyclic amines) is 1. The van der Waals surface area contributed by atoms with E-state index in [1.54, 1.807) is 0 Å². The Labute approximate surface area is 187 Å². The van der Waals surface area contributed by atoms with Gasteiger partial charge < -0.3 is 19.9 Å². The van der Waals surface area contributed by atoms with Crippen LogP contribution >= 0.6 is 0 Å². The minimum absolute atomic E-state index is 0.224. The number of nitrogens with zero attached hydrogens (tertiary/aromatic N) is 3. The number of carbonyl (C=O) groups is 1. The normalized spacial score (nSPS) is 20.4. The van der Waals surface area contributed by atoms with Gasteiger partial charge in [0.25, 0.3) is 0 Å². The fraction of sp³-hybridized carbons (Fsp3) is 0.680. The molecule has 31 heavy (non-hydrogen) atoms. The van der Waals surface area contributed by atoms with Gasteiger partial charge in [-0.2, -0.15) is 0 Å². The van der Waals surface area contributed by atoms with E-state index >= 15 is 0 Å². The van der Waals surface area contributed by atoms with Crippen LogP contribution in [0.4, 0.5) is 5.69 Å². The van der Waals surface area contributed by atoms with Crippen molar-refractivity contribution in [1.29, 1.82) is 0 Å². The summed E-state index contributed by atoms with van der Waals surface area (Å²) in [6, 6.07) is 8.24. The molecule has 2 fully saturated rings. The number of anilines is 1. The molecule has 1 aliphatic carbocycles. The number of hydrogen-bond donors (Lipinski definition) is 1. The molecule has 0 spiro atoms. The van der Waals surface area contributed by atoms with Crippen LogP contribution in [0.1, 0.15) is 56.9 Å². The first-order valence-corrected chi connectivity index (χ1v) is 12.2. The number of piperidine rings is 1. The first-order valence-electron chi connectivity index (χ1n) is 12.2. The number of ether oxygens (including phenoxy) is 1. The van der Waals surface area contributed by atoms with Gasteiger partial charge in [-0.3, -0.25) is 9.79 Å². The molecule has 170 valence electrons. The Morgan fingerprint density at radius 1 is 1.13 bits per heavy atom. The SMILES string of the molecule is CN=C(NCCCC(=O)N1CCc2ccccc21)N1CCC(OCC2CCCC2)CC1. The number of guanidine groups is 1. The van der Waals surface area contributed by atoms with E-state index in [1.807, 2.05) is 24.1 Å². The summed E-state index contributed by atoms with van der Waals surface area (Å²) < 4.78 is 6.20. The second-order valence-electron chi connectivity index (χ2n) is 9.17. The van der Waals surface area contributed by atoms with E-state index in [2.05, 4.69) is 27.3 Å². The lowest BCUT2D eigenvalue weighted by molar-refractivity contribution is -0.118. The van der Waals surface area contributed by atoms with E-state index < -0.39 is 0 Å². The summed E-state index contributed by atoms with van der Waals surface area (Å²) in [5.41, 5.74) is 2.37. The Balaban J connectivity index is 1.13. The molecule has 0 aromatic heterocycles. The van der Waals surface area contributed by atoms with Gasteiger partial charge >= 0.3 is 0 Å². The van der Waals surface area contributed by atoms with Gasteiger partial charge in [0.1, 0.15) is 0 Å². The van der Waals surface area contributed by atoms with Crippen LogP contribution in [0, 0.1) is 5.92 Å². The molecule has 1 N–H and O–H groups in total. The summed E-state index contributed by atoms with van der Waals surface area (Å²) in [7, 11) is 1.84. The minimum Gasteiger partial charge on any atom is -0.378 e. The van der Waals surface area contributed by atoms with Gasteiger partial charge in [-0.1, -0.05) is 31.0 Å². The van der Waals surface area contributed by atoms with Crippen LogP contribution in [0.25, 0.3) is 0 Å². The van der Waals surface area contributed by atoms with Gasteiger partial charge in [0.15, 0.2) is 5.96 Å². The lowest BCUT2D eigenvalue weighted by Crippen LogP contribution is -2.47. The molecule has 1 aromatic carbocycles. The number of rotatable bonds is 7. The molecule has 0 radical (unpaired) electrons. The lowest BCUT2D eigenvalue weighted by atomic mass is 10.1. The molecule has 0 unspecified atom stereocenters. The van der Waals surface area contributed by atoms with Crippen LogP contribution in [0.5, 0.6) is 0 Å². The minimum atomic E-state index is 0.224. The molecule has 2 heterocycles. The molecular weight excluding hydrogens is 388 g/mol. The number of nitrogens with one attached hydrogen (secondary N) is 1. The Bertz CT molecular complexity index is 752. The van der Waals surface area contributed by atoms with Gasteiger partial charge in [-0.05, 0) is 56.1 Å². The van der Waals surface area contributed by atoms with E-state index in [1.165, 1.54) is 31.2 Å². The van der Waals surface area contributed by atoms with Crippen LogP contribution in [0.3, 0.4) is 0 Å². The van der Waals surface area contributed by atoms with Crippen molar-refractivity contribution in [3.63, 3.8) is 0 Å². The quantitative estimate of drug-likeness (QED) is 0.411. The average molecular weight is 427 g/mol. The topological polar surface area (TPSA) is 57.2 Å². The molecule has 0 bridgehead atoms. The van der Waals surface area contributed by atoms with Gasteiger partial charge in [0, 0.05) is 51.9 Å². The highest BCUT2D eigenvalue weighted by molar-refractivity contribution is 5.95. The van der Waals surface area contributed by atoms with Crippen molar-refractivity contribution in [2.24, 2.45) is 10.9 Å². The Kier molecular flexibility index (Phi) is 7.84. The van der Waals surface area contributed by atoms with Crippen LogP contribution in [-0.4, -0.2) is 62.7 Å². The van der Waals surface area contributed by atoms with Gasteiger partial charge in [0.2, 0.25) is 5.91 Å². The van der Waals surface area contributed by atoms with E-state index in [0.717, 1.165) is 76.0 Å².